The fourth-order valence-corrected chi connectivity index (χ4v) is 6.42. The van der Waals surface area contributed by atoms with Gasteiger partial charge in [0.15, 0.2) is 5.82 Å². The van der Waals surface area contributed by atoms with Crippen LogP contribution in [0.1, 0.15) is 86.0 Å². The molecule has 202 valence electrons. The number of aryl methyl sites for hydroxylation is 4. The lowest BCUT2D eigenvalue weighted by Gasteiger charge is -2.38. The summed E-state index contributed by atoms with van der Waals surface area (Å²) >= 11 is 0. The van der Waals surface area contributed by atoms with Crippen molar-refractivity contribution in [2.75, 3.05) is 25.0 Å². The lowest BCUT2D eigenvalue weighted by atomic mass is 9.87. The van der Waals surface area contributed by atoms with Gasteiger partial charge in [-0.25, -0.2) is 9.97 Å². The van der Waals surface area contributed by atoms with Gasteiger partial charge in [0.2, 0.25) is 0 Å². The Balaban J connectivity index is 1.56. The third kappa shape index (κ3) is 5.37. The molecule has 1 saturated heterocycles. The molecule has 2 heterocycles. The number of hydrogen-bond donors (Lipinski definition) is 1. The van der Waals surface area contributed by atoms with Gasteiger partial charge in [0.05, 0.1) is 5.60 Å². The topological polar surface area (TPSA) is 52.5 Å². The molecule has 38 heavy (non-hydrogen) atoms. The van der Waals surface area contributed by atoms with E-state index < -0.39 is 5.60 Å². The van der Waals surface area contributed by atoms with Crippen molar-refractivity contribution in [1.82, 2.24) is 14.9 Å². The minimum Gasteiger partial charge on any atom is -0.390 e. The van der Waals surface area contributed by atoms with Crippen molar-refractivity contribution in [1.29, 1.82) is 0 Å². The van der Waals surface area contributed by atoms with Crippen LogP contribution in [0.4, 0.5) is 5.82 Å². The molecule has 1 aliphatic carbocycles. The summed E-state index contributed by atoms with van der Waals surface area (Å²) in [5.74, 6) is 1.89. The largest absolute Gasteiger partial charge is 0.390 e. The lowest BCUT2D eigenvalue weighted by Crippen LogP contribution is -2.43. The van der Waals surface area contributed by atoms with Gasteiger partial charge < -0.3 is 10.0 Å². The number of piperidine rings is 1. The van der Waals surface area contributed by atoms with Crippen molar-refractivity contribution < 1.29 is 5.11 Å². The second-order valence-electron chi connectivity index (χ2n) is 11.6. The number of aromatic nitrogens is 2. The van der Waals surface area contributed by atoms with Crippen LogP contribution in [-0.4, -0.2) is 45.7 Å². The molecule has 1 atom stereocenters. The molecule has 5 rings (SSSR count). The van der Waals surface area contributed by atoms with Gasteiger partial charge in [0.25, 0.3) is 0 Å². The Morgan fingerprint density at radius 1 is 1.00 bits per heavy atom. The van der Waals surface area contributed by atoms with Crippen LogP contribution in [0.2, 0.25) is 0 Å². The average Bonchev–Trinajstić information content (AvgIpc) is 2.93. The molecule has 2 aromatic carbocycles. The Bertz CT molecular complexity index is 1250. The smallest absolute Gasteiger partial charge is 0.162 e. The number of aliphatic hydroxyl groups is 1. The molecule has 0 spiro atoms. The Morgan fingerprint density at radius 3 is 2.37 bits per heavy atom. The van der Waals surface area contributed by atoms with Crippen LogP contribution >= 0.6 is 0 Å². The van der Waals surface area contributed by atoms with Gasteiger partial charge in [-0.2, -0.15) is 0 Å². The fourth-order valence-electron chi connectivity index (χ4n) is 6.42. The van der Waals surface area contributed by atoms with Crippen molar-refractivity contribution in [3.05, 3.63) is 76.0 Å². The maximum atomic E-state index is 10.7. The molecule has 0 unspecified atom stereocenters. The molecule has 0 bridgehead atoms. The molecule has 0 radical (unpaired) electrons. The van der Waals surface area contributed by atoms with E-state index in [9.17, 15) is 5.11 Å². The van der Waals surface area contributed by atoms with Crippen molar-refractivity contribution in [3.63, 3.8) is 0 Å². The fraction of sp³-hybridized carbons (Fsp3) is 0.515. The van der Waals surface area contributed by atoms with Crippen molar-refractivity contribution in [2.45, 2.75) is 90.8 Å². The van der Waals surface area contributed by atoms with E-state index in [0.29, 0.717) is 6.04 Å². The molecule has 0 amide bonds. The van der Waals surface area contributed by atoms with E-state index in [1.807, 2.05) is 6.92 Å². The molecule has 2 aliphatic rings. The molecule has 0 saturated carbocycles. The van der Waals surface area contributed by atoms with Gasteiger partial charge in [0.1, 0.15) is 5.82 Å². The predicted octanol–water partition coefficient (Wildman–Crippen LogP) is 6.44. The minimum atomic E-state index is -0.603. The van der Waals surface area contributed by atoms with Gasteiger partial charge in [0, 0.05) is 42.5 Å². The highest BCUT2D eigenvalue weighted by Gasteiger charge is 2.31. The number of nitrogens with zero attached hydrogens (tertiary/aromatic N) is 4. The number of benzene rings is 2. The van der Waals surface area contributed by atoms with Gasteiger partial charge in [-0.1, -0.05) is 56.3 Å². The van der Waals surface area contributed by atoms with Gasteiger partial charge in [-0.3, -0.25) is 4.90 Å². The quantitative estimate of drug-likeness (QED) is 0.395. The van der Waals surface area contributed by atoms with Crippen molar-refractivity contribution in [3.8, 4) is 11.4 Å². The Labute approximate surface area is 228 Å². The van der Waals surface area contributed by atoms with E-state index in [1.54, 1.807) is 0 Å². The van der Waals surface area contributed by atoms with Crippen LogP contribution in [0, 0.1) is 6.92 Å². The molecule has 1 aromatic heterocycles. The maximum Gasteiger partial charge on any atom is 0.162 e. The lowest BCUT2D eigenvalue weighted by molar-refractivity contribution is 0.0349. The van der Waals surface area contributed by atoms with Crippen LogP contribution in [-0.2, 0) is 25.8 Å². The van der Waals surface area contributed by atoms with Crippen LogP contribution in [0.3, 0.4) is 0 Å². The summed E-state index contributed by atoms with van der Waals surface area (Å²) in [5, 5.41) is 10.7. The summed E-state index contributed by atoms with van der Waals surface area (Å²) in [7, 11) is 2.26. The molecule has 1 N–H and O–H groups in total. The molecule has 5 nitrogen and oxygen atoms in total. The highest BCUT2D eigenvalue weighted by Crippen LogP contribution is 2.37. The number of hydrogen-bond acceptors (Lipinski definition) is 5. The van der Waals surface area contributed by atoms with E-state index in [0.717, 1.165) is 62.7 Å². The number of fused-ring (bicyclic) bond motifs is 1. The van der Waals surface area contributed by atoms with Crippen LogP contribution in [0.25, 0.3) is 11.4 Å². The zero-order chi connectivity index (χ0) is 26.9. The summed E-state index contributed by atoms with van der Waals surface area (Å²) in [5.41, 5.74) is 8.44. The second-order valence-corrected chi connectivity index (χ2v) is 11.6. The van der Waals surface area contributed by atoms with E-state index in [4.69, 9.17) is 9.97 Å². The second kappa shape index (κ2) is 11.2. The Kier molecular flexibility index (Phi) is 7.88. The first kappa shape index (κ1) is 26.8. The Hall–Kier alpha value is -2.76. The van der Waals surface area contributed by atoms with Crippen LogP contribution < -0.4 is 4.90 Å². The highest BCUT2D eigenvalue weighted by atomic mass is 16.3. The third-order valence-corrected chi connectivity index (χ3v) is 8.83. The highest BCUT2D eigenvalue weighted by molar-refractivity contribution is 5.68. The first-order chi connectivity index (χ1) is 18.3. The normalized spacial score (nSPS) is 19.0. The SMILES string of the molecule is CCc1cccc(CC)c1-c1nc(C)c(CN(C)[C@H]2CCCc3ccccc32)c(N2CCC(C)(O)CC2)n1. The molecule has 1 fully saturated rings. The first-order valence-electron chi connectivity index (χ1n) is 14.5. The monoisotopic (exact) mass is 512 g/mol. The van der Waals surface area contributed by atoms with Gasteiger partial charge >= 0.3 is 0 Å². The number of rotatable bonds is 7. The third-order valence-electron chi connectivity index (χ3n) is 8.83. The predicted molar refractivity (Wildman–Crippen MR) is 157 cm³/mol. The van der Waals surface area contributed by atoms with Crippen LogP contribution in [0.15, 0.2) is 42.5 Å². The molecule has 1 aliphatic heterocycles. The van der Waals surface area contributed by atoms with E-state index in [1.165, 1.54) is 52.6 Å². The summed E-state index contributed by atoms with van der Waals surface area (Å²) in [6.07, 6.45) is 7.00. The summed E-state index contributed by atoms with van der Waals surface area (Å²) in [6.45, 7) is 11.0. The minimum absolute atomic E-state index is 0.404. The standard InChI is InChI=1S/C33H44N4O/c1-6-24-13-10-14-25(7-2)30(24)31-34-23(3)28(32(35-31)37-20-18-33(4,38)19-21-37)22-36(5)29-17-11-15-26-12-8-9-16-27(26)29/h8-10,12-14,16,29,38H,6-7,11,15,17-22H2,1-5H3/t29-/m0/s1. The van der Waals surface area contributed by atoms with Gasteiger partial charge in [-0.15, -0.1) is 0 Å². The maximum absolute atomic E-state index is 10.7. The summed E-state index contributed by atoms with van der Waals surface area (Å²) in [6, 6.07) is 15.9. The molecular weight excluding hydrogens is 468 g/mol. The average molecular weight is 513 g/mol. The number of anilines is 1. The summed E-state index contributed by atoms with van der Waals surface area (Å²) in [4.78, 5) is 15.4. The zero-order valence-electron chi connectivity index (χ0n) is 23.9. The van der Waals surface area contributed by atoms with Gasteiger partial charge in [-0.05, 0) is 88.1 Å². The molecule has 3 aromatic rings. The molecule has 5 heteroatoms. The van der Waals surface area contributed by atoms with Crippen molar-refractivity contribution in [2.24, 2.45) is 0 Å². The summed E-state index contributed by atoms with van der Waals surface area (Å²) < 4.78 is 0. The zero-order valence-corrected chi connectivity index (χ0v) is 23.9. The van der Waals surface area contributed by atoms with E-state index in [2.05, 4.69) is 80.1 Å². The van der Waals surface area contributed by atoms with Crippen molar-refractivity contribution >= 4 is 5.82 Å². The molecular formula is C33H44N4O. The Morgan fingerprint density at radius 2 is 1.68 bits per heavy atom. The van der Waals surface area contributed by atoms with E-state index in [-0.39, 0.29) is 0 Å². The van der Waals surface area contributed by atoms with Crippen LogP contribution in [0.5, 0.6) is 0 Å². The first-order valence-corrected chi connectivity index (χ1v) is 14.5. The van der Waals surface area contributed by atoms with E-state index >= 15 is 0 Å².